The Balaban J connectivity index is 0.00000289. The standard InChI is InChI=1S/C24H29N5O5.ClH/c1-32-17-11-20-18(27-13-17)2-3-24(31)29(20)7-6-28-5-4-19(21(30)15-28)26-12-16-10-22-23(14-25-16)34-9-8-33-22;/h2-3,10-11,13-14,19,21,26,30H,4-9,12,15H2,1H3;1H/t19-,21+;/m1./s1. The van der Waals surface area contributed by atoms with Gasteiger partial charge in [-0.25, -0.2) is 0 Å². The highest BCUT2D eigenvalue weighted by Crippen LogP contribution is 2.29. The summed E-state index contributed by atoms with van der Waals surface area (Å²) in [6, 6.07) is 6.96. The first-order chi connectivity index (χ1) is 16.6. The molecule has 1 fully saturated rings. The summed E-state index contributed by atoms with van der Waals surface area (Å²) in [5.41, 5.74) is 2.26. The molecule has 2 atom stereocenters. The van der Waals surface area contributed by atoms with E-state index in [0.29, 0.717) is 56.6 Å². The van der Waals surface area contributed by atoms with E-state index in [4.69, 9.17) is 14.2 Å². The molecule has 0 unspecified atom stereocenters. The van der Waals surface area contributed by atoms with Gasteiger partial charge in [0.05, 0.1) is 42.3 Å². The number of piperidine rings is 1. The van der Waals surface area contributed by atoms with Gasteiger partial charge in [0.1, 0.15) is 19.0 Å². The van der Waals surface area contributed by atoms with E-state index in [1.54, 1.807) is 36.2 Å². The molecule has 3 aromatic heterocycles. The van der Waals surface area contributed by atoms with Crippen LogP contribution in [0.1, 0.15) is 12.1 Å². The van der Waals surface area contributed by atoms with Gasteiger partial charge in [-0.3, -0.25) is 19.7 Å². The smallest absolute Gasteiger partial charge is 0.251 e. The van der Waals surface area contributed by atoms with E-state index >= 15 is 0 Å². The number of fused-ring (bicyclic) bond motifs is 2. The highest BCUT2D eigenvalue weighted by atomic mass is 35.5. The Labute approximate surface area is 209 Å². The molecule has 35 heavy (non-hydrogen) atoms. The van der Waals surface area contributed by atoms with Crippen LogP contribution >= 0.6 is 12.4 Å². The van der Waals surface area contributed by atoms with Gasteiger partial charge in [-0.05, 0) is 19.0 Å². The van der Waals surface area contributed by atoms with Crippen molar-refractivity contribution in [1.82, 2.24) is 24.8 Å². The highest BCUT2D eigenvalue weighted by molar-refractivity contribution is 5.85. The first-order valence-electron chi connectivity index (χ1n) is 11.5. The van der Waals surface area contributed by atoms with Crippen molar-refractivity contribution in [3.63, 3.8) is 0 Å². The molecule has 5 rings (SSSR count). The van der Waals surface area contributed by atoms with Crippen LogP contribution in [0, 0.1) is 0 Å². The van der Waals surface area contributed by atoms with Crippen molar-refractivity contribution in [2.24, 2.45) is 0 Å². The minimum atomic E-state index is -0.517. The summed E-state index contributed by atoms with van der Waals surface area (Å²) in [6.45, 7) is 4.14. The van der Waals surface area contributed by atoms with Gasteiger partial charge >= 0.3 is 0 Å². The summed E-state index contributed by atoms with van der Waals surface area (Å²) in [5, 5.41) is 14.2. The molecule has 0 aromatic carbocycles. The topological polar surface area (TPSA) is 111 Å². The molecule has 0 radical (unpaired) electrons. The number of nitrogens with zero attached hydrogens (tertiary/aromatic N) is 4. The molecule has 10 nitrogen and oxygen atoms in total. The number of nitrogens with one attached hydrogen (secondary N) is 1. The lowest BCUT2D eigenvalue weighted by Gasteiger charge is -2.36. The maximum atomic E-state index is 12.5. The van der Waals surface area contributed by atoms with Crippen molar-refractivity contribution in [2.75, 3.05) is 40.0 Å². The lowest BCUT2D eigenvalue weighted by atomic mass is 10.0. The van der Waals surface area contributed by atoms with Gasteiger partial charge in [0.25, 0.3) is 5.56 Å². The molecular weight excluding hydrogens is 474 g/mol. The fraction of sp³-hybridized carbons (Fsp3) is 0.458. The van der Waals surface area contributed by atoms with Crippen molar-refractivity contribution < 1.29 is 19.3 Å². The number of aliphatic hydroxyl groups is 1. The molecule has 2 N–H and O–H groups in total. The molecule has 11 heteroatoms. The summed E-state index contributed by atoms with van der Waals surface area (Å²) in [4.78, 5) is 23.5. The predicted octanol–water partition coefficient (Wildman–Crippen LogP) is 1.22. The van der Waals surface area contributed by atoms with E-state index in [2.05, 4.69) is 20.2 Å². The normalized spacial score (nSPS) is 19.8. The minimum absolute atomic E-state index is 0. The van der Waals surface area contributed by atoms with Crippen LogP contribution in [-0.4, -0.2) is 76.6 Å². The SMILES string of the molecule is COc1cnc2ccc(=O)n(CCN3CC[C@@H](NCc4cc5c(cn4)OCCO5)[C@@H](O)C3)c2c1.Cl. The first-order valence-corrected chi connectivity index (χ1v) is 11.5. The second-order valence-electron chi connectivity index (χ2n) is 8.57. The molecule has 2 aliphatic rings. The van der Waals surface area contributed by atoms with Crippen molar-refractivity contribution in [3.8, 4) is 17.2 Å². The Kier molecular flexibility index (Phi) is 8.07. The molecule has 3 aromatic rings. The number of ether oxygens (including phenoxy) is 3. The number of hydrogen-bond acceptors (Lipinski definition) is 9. The van der Waals surface area contributed by atoms with Crippen LogP contribution in [0.2, 0.25) is 0 Å². The second kappa shape index (κ2) is 11.2. The number of aliphatic hydroxyl groups excluding tert-OH is 1. The highest BCUT2D eigenvalue weighted by Gasteiger charge is 2.27. The van der Waals surface area contributed by atoms with Crippen LogP contribution in [0.4, 0.5) is 0 Å². The number of aromatic nitrogens is 3. The second-order valence-corrected chi connectivity index (χ2v) is 8.57. The van der Waals surface area contributed by atoms with Gasteiger partial charge in [0.15, 0.2) is 11.5 Å². The fourth-order valence-corrected chi connectivity index (χ4v) is 4.49. The Morgan fingerprint density at radius 2 is 1.97 bits per heavy atom. The largest absolute Gasteiger partial charge is 0.495 e. The lowest BCUT2D eigenvalue weighted by Crippen LogP contribution is -2.53. The molecule has 188 valence electrons. The summed E-state index contributed by atoms with van der Waals surface area (Å²) in [6.07, 6.45) is 3.61. The summed E-state index contributed by atoms with van der Waals surface area (Å²) in [5.74, 6) is 1.99. The van der Waals surface area contributed by atoms with Crippen molar-refractivity contribution in [3.05, 3.63) is 52.7 Å². The molecule has 0 saturated carbocycles. The first kappa shape index (κ1) is 25.2. The summed E-state index contributed by atoms with van der Waals surface area (Å²) >= 11 is 0. The average Bonchev–Trinajstić information content (AvgIpc) is 2.87. The van der Waals surface area contributed by atoms with Gasteiger partial charge in [-0.2, -0.15) is 0 Å². The zero-order valence-corrected chi connectivity index (χ0v) is 20.4. The van der Waals surface area contributed by atoms with Crippen LogP contribution in [0.5, 0.6) is 17.2 Å². The van der Waals surface area contributed by atoms with Crippen LogP contribution in [0.3, 0.4) is 0 Å². The maximum Gasteiger partial charge on any atom is 0.251 e. The molecule has 0 spiro atoms. The number of β-amino-alcohol motifs (C(OH)–C–C–N with tert-alkyl or cyclic N) is 1. The Morgan fingerprint density at radius 1 is 1.14 bits per heavy atom. The van der Waals surface area contributed by atoms with Gasteiger partial charge < -0.3 is 29.2 Å². The molecule has 0 aliphatic carbocycles. The number of halogens is 1. The van der Waals surface area contributed by atoms with E-state index < -0.39 is 6.10 Å². The van der Waals surface area contributed by atoms with Crippen molar-refractivity contribution in [1.29, 1.82) is 0 Å². The number of pyridine rings is 3. The summed E-state index contributed by atoms with van der Waals surface area (Å²) in [7, 11) is 1.58. The third kappa shape index (κ3) is 5.67. The van der Waals surface area contributed by atoms with Crippen LogP contribution < -0.4 is 25.1 Å². The third-order valence-electron chi connectivity index (χ3n) is 6.39. The van der Waals surface area contributed by atoms with Crippen LogP contribution in [0.15, 0.2) is 41.5 Å². The lowest BCUT2D eigenvalue weighted by molar-refractivity contribution is 0.0384. The maximum absolute atomic E-state index is 12.5. The fourth-order valence-electron chi connectivity index (χ4n) is 4.49. The van der Waals surface area contributed by atoms with Crippen molar-refractivity contribution >= 4 is 23.4 Å². The quantitative estimate of drug-likeness (QED) is 0.491. The monoisotopic (exact) mass is 503 g/mol. The average molecular weight is 504 g/mol. The van der Waals surface area contributed by atoms with Gasteiger partial charge in [-0.15, -0.1) is 12.4 Å². The minimum Gasteiger partial charge on any atom is -0.495 e. The van der Waals surface area contributed by atoms with E-state index in [-0.39, 0.29) is 24.0 Å². The number of likely N-dealkylation sites (tertiary alicyclic amines) is 1. The van der Waals surface area contributed by atoms with E-state index in [0.717, 1.165) is 29.7 Å². The zero-order chi connectivity index (χ0) is 23.5. The molecule has 0 bridgehead atoms. The van der Waals surface area contributed by atoms with Gasteiger partial charge in [0, 0.05) is 50.4 Å². The van der Waals surface area contributed by atoms with Crippen LogP contribution in [-0.2, 0) is 13.1 Å². The number of hydrogen-bond donors (Lipinski definition) is 2. The van der Waals surface area contributed by atoms with Gasteiger partial charge in [-0.1, -0.05) is 0 Å². The van der Waals surface area contributed by atoms with E-state index in [1.165, 1.54) is 0 Å². The Bertz CT molecular complexity index is 1220. The van der Waals surface area contributed by atoms with E-state index in [1.807, 2.05) is 12.1 Å². The molecule has 0 amide bonds. The van der Waals surface area contributed by atoms with Crippen LogP contribution in [0.25, 0.3) is 11.0 Å². The van der Waals surface area contributed by atoms with Gasteiger partial charge in [0.2, 0.25) is 0 Å². The molecule has 1 saturated heterocycles. The zero-order valence-electron chi connectivity index (χ0n) is 19.6. The molecule has 2 aliphatic heterocycles. The Morgan fingerprint density at radius 3 is 2.77 bits per heavy atom. The predicted molar refractivity (Wildman–Crippen MR) is 133 cm³/mol. The van der Waals surface area contributed by atoms with E-state index in [9.17, 15) is 9.90 Å². The summed E-state index contributed by atoms with van der Waals surface area (Å²) < 4.78 is 18.1. The Hall–Kier alpha value is -2.92. The molecule has 5 heterocycles. The van der Waals surface area contributed by atoms with Crippen molar-refractivity contribution in [2.45, 2.75) is 31.7 Å². The third-order valence-corrected chi connectivity index (χ3v) is 6.39. The number of rotatable bonds is 7. The molecular formula is C24H30ClN5O5. The number of methoxy groups -OCH3 is 1.